The molecule has 6 nitrogen and oxygen atoms in total. The third-order valence-corrected chi connectivity index (χ3v) is 4.20. The number of carbonyl (C=O) groups is 1. The number of aryl methyl sites for hydroxylation is 1. The highest BCUT2D eigenvalue weighted by Crippen LogP contribution is 2.16. The van der Waals surface area contributed by atoms with Gasteiger partial charge in [-0.05, 0) is 49.8 Å². The molecule has 0 aliphatic carbocycles. The molecule has 0 aliphatic heterocycles. The fraction of sp³-hybridized carbons (Fsp3) is 0.556. The summed E-state index contributed by atoms with van der Waals surface area (Å²) < 4.78 is 0. The number of rotatable bonds is 8. The van der Waals surface area contributed by atoms with Crippen molar-refractivity contribution in [2.24, 2.45) is 11.7 Å². The van der Waals surface area contributed by atoms with Crippen LogP contribution in [0.25, 0.3) is 11.0 Å². The molecule has 25 heavy (non-hydrogen) atoms. The highest BCUT2D eigenvalue weighted by Gasteiger charge is 2.25. The second kappa shape index (κ2) is 9.06. The van der Waals surface area contributed by atoms with Crippen LogP contribution in [0.3, 0.4) is 0 Å². The molecule has 2 rings (SSSR count). The average Bonchev–Trinajstić information content (AvgIpc) is 2.85. The number of benzene rings is 1. The van der Waals surface area contributed by atoms with Crippen LogP contribution in [0, 0.1) is 5.92 Å². The molecule has 0 saturated heterocycles. The minimum Gasteiger partial charge on any atom is -0.350 e. The molecule has 1 heterocycles. The van der Waals surface area contributed by atoms with Crippen LogP contribution < -0.4 is 16.7 Å². The standard InChI is InChI=1S/C18H28N4O2.ClH/c1-12(2)10-18(3,11-19)22-16(23)6-4-5-13-7-8-14-15(9-13)21-17(24)20-14;/h7-9,12H,4-6,10-11,19H2,1-3H3,(H,22,23)(H2,20,21,24);1H. The largest absolute Gasteiger partial charge is 0.350 e. The molecule has 0 radical (unpaired) electrons. The Morgan fingerprint density at radius 3 is 2.60 bits per heavy atom. The lowest BCUT2D eigenvalue weighted by Gasteiger charge is -2.31. The number of amides is 1. The van der Waals surface area contributed by atoms with E-state index in [4.69, 9.17) is 5.73 Å². The van der Waals surface area contributed by atoms with Crippen molar-refractivity contribution in [3.8, 4) is 0 Å². The summed E-state index contributed by atoms with van der Waals surface area (Å²) in [5, 5.41) is 3.08. The maximum atomic E-state index is 12.2. The first kappa shape index (κ1) is 21.3. The van der Waals surface area contributed by atoms with E-state index in [-0.39, 0.29) is 29.5 Å². The smallest absolute Gasteiger partial charge is 0.323 e. The Morgan fingerprint density at radius 2 is 1.96 bits per heavy atom. The number of nitrogens with two attached hydrogens (primary N) is 1. The summed E-state index contributed by atoms with van der Waals surface area (Å²) in [6.45, 7) is 6.69. The predicted molar refractivity (Wildman–Crippen MR) is 104 cm³/mol. The molecule has 2 aromatic rings. The topological polar surface area (TPSA) is 104 Å². The number of aromatic nitrogens is 2. The van der Waals surface area contributed by atoms with Crippen molar-refractivity contribution in [3.63, 3.8) is 0 Å². The van der Waals surface area contributed by atoms with Gasteiger partial charge in [0.05, 0.1) is 11.0 Å². The van der Waals surface area contributed by atoms with Crippen molar-refractivity contribution in [1.82, 2.24) is 15.3 Å². The van der Waals surface area contributed by atoms with Gasteiger partial charge in [-0.1, -0.05) is 19.9 Å². The lowest BCUT2D eigenvalue weighted by atomic mass is 9.90. The maximum absolute atomic E-state index is 12.2. The van der Waals surface area contributed by atoms with Gasteiger partial charge in [-0.2, -0.15) is 0 Å². The minimum absolute atomic E-state index is 0. The van der Waals surface area contributed by atoms with Crippen LogP contribution in [0.5, 0.6) is 0 Å². The van der Waals surface area contributed by atoms with E-state index in [9.17, 15) is 9.59 Å². The van der Waals surface area contributed by atoms with Crippen LogP contribution in [-0.4, -0.2) is 28.0 Å². The Hall–Kier alpha value is -1.79. The van der Waals surface area contributed by atoms with Gasteiger partial charge in [-0.25, -0.2) is 4.79 Å². The number of fused-ring (bicyclic) bond motifs is 1. The molecule has 0 fully saturated rings. The van der Waals surface area contributed by atoms with Crippen molar-refractivity contribution in [1.29, 1.82) is 0 Å². The Balaban J connectivity index is 0.00000312. The number of nitrogens with one attached hydrogen (secondary N) is 3. The molecule has 1 aromatic heterocycles. The van der Waals surface area contributed by atoms with E-state index in [0.717, 1.165) is 35.9 Å². The molecule has 1 aromatic carbocycles. The summed E-state index contributed by atoms with van der Waals surface area (Å²) >= 11 is 0. The Bertz CT molecular complexity index is 753. The van der Waals surface area contributed by atoms with Crippen LogP contribution in [0.1, 0.15) is 45.6 Å². The second-order valence-corrected chi connectivity index (χ2v) is 7.22. The zero-order valence-corrected chi connectivity index (χ0v) is 16.0. The molecule has 7 heteroatoms. The quantitative estimate of drug-likeness (QED) is 0.575. The third-order valence-electron chi connectivity index (χ3n) is 4.20. The summed E-state index contributed by atoms with van der Waals surface area (Å²) in [5.74, 6) is 0.522. The van der Waals surface area contributed by atoms with E-state index >= 15 is 0 Å². The number of hydrogen-bond acceptors (Lipinski definition) is 3. The molecule has 0 aliphatic rings. The maximum Gasteiger partial charge on any atom is 0.323 e. The SMILES string of the molecule is CC(C)CC(C)(CN)NC(=O)CCCc1ccc2[nH]c(=O)[nH]c2c1.Cl. The van der Waals surface area contributed by atoms with Gasteiger partial charge in [0.1, 0.15) is 0 Å². The van der Waals surface area contributed by atoms with E-state index in [2.05, 4.69) is 29.1 Å². The predicted octanol–water partition coefficient (Wildman–Crippen LogP) is 2.48. The van der Waals surface area contributed by atoms with Gasteiger partial charge in [0.15, 0.2) is 0 Å². The van der Waals surface area contributed by atoms with E-state index in [1.807, 2.05) is 25.1 Å². The Kier molecular flexibility index (Phi) is 7.70. The first-order chi connectivity index (χ1) is 11.3. The highest BCUT2D eigenvalue weighted by molar-refractivity contribution is 5.85. The van der Waals surface area contributed by atoms with Crippen LogP contribution in [0.2, 0.25) is 0 Å². The third kappa shape index (κ3) is 6.21. The molecule has 0 saturated carbocycles. The number of hydrogen-bond donors (Lipinski definition) is 4. The van der Waals surface area contributed by atoms with Crippen LogP contribution in [0.15, 0.2) is 23.0 Å². The summed E-state index contributed by atoms with van der Waals surface area (Å²) in [6.07, 6.45) is 2.89. The van der Waals surface area contributed by atoms with Gasteiger partial charge in [-0.15, -0.1) is 12.4 Å². The number of aromatic amines is 2. The summed E-state index contributed by atoms with van der Waals surface area (Å²) in [5.41, 5.74) is 8.00. The number of H-pyrrole nitrogens is 2. The molecular formula is C18H29ClN4O2. The van der Waals surface area contributed by atoms with Gasteiger partial charge < -0.3 is 21.0 Å². The summed E-state index contributed by atoms with van der Waals surface area (Å²) in [4.78, 5) is 28.9. The van der Waals surface area contributed by atoms with Crippen molar-refractivity contribution in [2.45, 2.75) is 52.0 Å². The van der Waals surface area contributed by atoms with Crippen LogP contribution in [0.4, 0.5) is 0 Å². The molecule has 5 N–H and O–H groups in total. The number of imidazole rings is 1. The van der Waals surface area contributed by atoms with Gasteiger partial charge in [0.2, 0.25) is 5.91 Å². The highest BCUT2D eigenvalue weighted by atomic mass is 35.5. The average molecular weight is 369 g/mol. The molecule has 140 valence electrons. The van der Waals surface area contributed by atoms with Gasteiger partial charge >= 0.3 is 5.69 Å². The molecule has 0 bridgehead atoms. The van der Waals surface area contributed by atoms with Crippen molar-refractivity contribution < 1.29 is 4.79 Å². The lowest BCUT2D eigenvalue weighted by Crippen LogP contribution is -2.52. The van der Waals surface area contributed by atoms with E-state index in [1.165, 1.54) is 0 Å². The van der Waals surface area contributed by atoms with Gasteiger partial charge in [0.25, 0.3) is 0 Å². The number of carbonyl (C=O) groups excluding carboxylic acids is 1. The van der Waals surface area contributed by atoms with Crippen molar-refractivity contribution in [3.05, 3.63) is 34.2 Å². The Morgan fingerprint density at radius 1 is 1.28 bits per heavy atom. The zero-order chi connectivity index (χ0) is 17.7. The van der Waals surface area contributed by atoms with Crippen molar-refractivity contribution in [2.75, 3.05) is 6.54 Å². The molecule has 1 unspecified atom stereocenters. The monoisotopic (exact) mass is 368 g/mol. The molecule has 1 atom stereocenters. The summed E-state index contributed by atoms with van der Waals surface area (Å²) in [6, 6.07) is 5.82. The van der Waals surface area contributed by atoms with E-state index in [1.54, 1.807) is 0 Å². The molecular weight excluding hydrogens is 340 g/mol. The van der Waals surface area contributed by atoms with E-state index < -0.39 is 0 Å². The van der Waals surface area contributed by atoms with Crippen LogP contribution >= 0.6 is 12.4 Å². The molecule has 1 amide bonds. The fourth-order valence-electron chi connectivity index (χ4n) is 3.17. The first-order valence-electron chi connectivity index (χ1n) is 8.53. The molecule has 0 spiro atoms. The van der Waals surface area contributed by atoms with E-state index in [0.29, 0.717) is 18.9 Å². The van der Waals surface area contributed by atoms with Gasteiger partial charge in [-0.3, -0.25) is 4.79 Å². The first-order valence-corrected chi connectivity index (χ1v) is 8.53. The second-order valence-electron chi connectivity index (χ2n) is 7.22. The van der Waals surface area contributed by atoms with Crippen molar-refractivity contribution >= 4 is 29.3 Å². The zero-order valence-electron chi connectivity index (χ0n) is 15.1. The number of halogens is 1. The Labute approximate surface area is 154 Å². The van der Waals surface area contributed by atoms with Gasteiger partial charge in [0, 0.05) is 18.5 Å². The van der Waals surface area contributed by atoms with Crippen LogP contribution in [-0.2, 0) is 11.2 Å². The lowest BCUT2D eigenvalue weighted by molar-refractivity contribution is -0.123. The normalized spacial score (nSPS) is 13.5. The summed E-state index contributed by atoms with van der Waals surface area (Å²) in [7, 11) is 0. The minimum atomic E-state index is -0.339. The fourth-order valence-corrected chi connectivity index (χ4v) is 3.17.